The molecule has 3 heterocycles. The van der Waals surface area contributed by atoms with Crippen LogP contribution in [0, 0.1) is 0 Å². The van der Waals surface area contributed by atoms with Crippen molar-refractivity contribution in [2.24, 2.45) is 0 Å². The van der Waals surface area contributed by atoms with E-state index >= 15 is 0 Å². The number of aromatic nitrogens is 2. The third kappa shape index (κ3) is 2.15. The lowest BCUT2D eigenvalue weighted by Crippen LogP contribution is -2.41. The van der Waals surface area contributed by atoms with Gasteiger partial charge in [0.05, 0.1) is 23.0 Å². The SMILES string of the molecule is CC1(C)OB(c2cnc(-c3cccnc3)o2)OC1(C)C. The van der Waals surface area contributed by atoms with Crippen LogP contribution in [0.1, 0.15) is 27.7 Å². The highest BCUT2D eigenvalue weighted by atomic mass is 16.7. The van der Waals surface area contributed by atoms with Crippen molar-refractivity contribution in [1.29, 1.82) is 0 Å². The largest absolute Gasteiger partial charge is 0.534 e. The molecular formula is C14H17BN2O3. The van der Waals surface area contributed by atoms with Crippen LogP contribution in [-0.2, 0) is 9.31 Å². The number of rotatable bonds is 2. The Balaban J connectivity index is 1.86. The van der Waals surface area contributed by atoms with Gasteiger partial charge in [0, 0.05) is 12.4 Å². The van der Waals surface area contributed by atoms with Crippen LogP contribution >= 0.6 is 0 Å². The summed E-state index contributed by atoms with van der Waals surface area (Å²) in [6.45, 7) is 8.02. The van der Waals surface area contributed by atoms with Gasteiger partial charge >= 0.3 is 7.12 Å². The lowest BCUT2D eigenvalue weighted by Gasteiger charge is -2.32. The molecule has 0 radical (unpaired) electrons. The Kier molecular flexibility index (Phi) is 2.95. The summed E-state index contributed by atoms with van der Waals surface area (Å²) in [4.78, 5) is 8.31. The summed E-state index contributed by atoms with van der Waals surface area (Å²) in [7, 11) is -0.530. The van der Waals surface area contributed by atoms with Gasteiger partial charge in [-0.1, -0.05) is 0 Å². The van der Waals surface area contributed by atoms with Gasteiger partial charge in [-0.05, 0) is 39.8 Å². The summed E-state index contributed by atoms with van der Waals surface area (Å²) < 4.78 is 17.6. The fraction of sp³-hybridized carbons (Fsp3) is 0.429. The summed E-state index contributed by atoms with van der Waals surface area (Å²) in [5.74, 6) is 0.516. The van der Waals surface area contributed by atoms with Crippen LogP contribution in [-0.4, -0.2) is 28.3 Å². The van der Waals surface area contributed by atoms with Crippen LogP contribution in [0.25, 0.3) is 11.5 Å². The van der Waals surface area contributed by atoms with E-state index < -0.39 is 7.12 Å². The summed E-state index contributed by atoms with van der Waals surface area (Å²) in [6.07, 6.45) is 5.06. The van der Waals surface area contributed by atoms with E-state index in [0.29, 0.717) is 11.6 Å². The smallest absolute Gasteiger partial charge is 0.445 e. The van der Waals surface area contributed by atoms with Gasteiger partial charge in [-0.15, -0.1) is 0 Å². The minimum absolute atomic E-state index is 0.390. The molecule has 2 aromatic heterocycles. The Labute approximate surface area is 118 Å². The van der Waals surface area contributed by atoms with Gasteiger partial charge in [0.25, 0.3) is 0 Å². The highest BCUT2D eigenvalue weighted by Gasteiger charge is 2.53. The van der Waals surface area contributed by atoms with Crippen molar-refractivity contribution in [3.8, 4) is 11.5 Å². The number of hydrogen-bond acceptors (Lipinski definition) is 5. The first kappa shape index (κ1) is 13.3. The Hall–Kier alpha value is -1.66. The van der Waals surface area contributed by atoms with E-state index in [1.807, 2.05) is 39.8 Å². The lowest BCUT2D eigenvalue weighted by atomic mass is 9.87. The van der Waals surface area contributed by atoms with E-state index in [9.17, 15) is 0 Å². The van der Waals surface area contributed by atoms with E-state index in [0.717, 1.165) is 5.56 Å². The van der Waals surface area contributed by atoms with Crippen molar-refractivity contribution in [3.05, 3.63) is 30.7 Å². The maximum Gasteiger partial charge on any atom is 0.534 e. The second-order valence-electron chi connectivity index (χ2n) is 5.90. The van der Waals surface area contributed by atoms with E-state index in [-0.39, 0.29) is 11.2 Å². The molecule has 1 fully saturated rings. The highest BCUT2D eigenvalue weighted by Crippen LogP contribution is 2.36. The zero-order chi connectivity index (χ0) is 14.4. The molecule has 0 saturated carbocycles. The van der Waals surface area contributed by atoms with Crippen molar-refractivity contribution >= 4 is 12.8 Å². The van der Waals surface area contributed by atoms with Gasteiger partial charge in [0.15, 0.2) is 5.66 Å². The summed E-state index contributed by atoms with van der Waals surface area (Å²) in [6, 6.07) is 3.74. The molecule has 0 N–H and O–H groups in total. The average molecular weight is 272 g/mol. The fourth-order valence-electron chi connectivity index (χ4n) is 1.98. The van der Waals surface area contributed by atoms with Gasteiger partial charge < -0.3 is 13.7 Å². The van der Waals surface area contributed by atoms with Crippen molar-refractivity contribution in [2.75, 3.05) is 0 Å². The maximum atomic E-state index is 5.93. The Bertz CT molecular complexity index is 594. The normalized spacial score (nSPS) is 20.3. The van der Waals surface area contributed by atoms with Crippen molar-refractivity contribution < 1.29 is 13.7 Å². The van der Waals surface area contributed by atoms with Crippen molar-refractivity contribution in [3.63, 3.8) is 0 Å². The first-order chi connectivity index (χ1) is 9.39. The van der Waals surface area contributed by atoms with Gasteiger partial charge in [-0.25, -0.2) is 4.98 Å². The number of pyridine rings is 1. The predicted molar refractivity (Wildman–Crippen MR) is 75.5 cm³/mol. The standard InChI is InChI=1S/C14H17BN2O3/c1-13(2)14(3,4)20-15(19-13)11-9-17-12(18-11)10-6-5-7-16-8-10/h5-9H,1-4H3. The summed E-state index contributed by atoms with van der Waals surface area (Å²) in [5.41, 5.74) is 0.621. The van der Waals surface area contributed by atoms with Gasteiger partial charge in [-0.2, -0.15) is 0 Å². The van der Waals surface area contributed by atoms with E-state index in [1.54, 1.807) is 18.6 Å². The Morgan fingerprint density at radius 3 is 2.35 bits per heavy atom. The molecule has 0 unspecified atom stereocenters. The zero-order valence-electron chi connectivity index (χ0n) is 12.1. The molecule has 5 nitrogen and oxygen atoms in total. The molecule has 0 bridgehead atoms. The molecule has 0 amide bonds. The zero-order valence-corrected chi connectivity index (χ0v) is 12.1. The Morgan fingerprint density at radius 1 is 1.05 bits per heavy atom. The molecular weight excluding hydrogens is 255 g/mol. The van der Waals surface area contributed by atoms with E-state index in [1.165, 1.54) is 0 Å². The first-order valence-corrected chi connectivity index (χ1v) is 6.61. The van der Waals surface area contributed by atoms with Crippen LogP contribution < -0.4 is 5.66 Å². The van der Waals surface area contributed by atoms with Crippen LogP contribution in [0.3, 0.4) is 0 Å². The first-order valence-electron chi connectivity index (χ1n) is 6.61. The Morgan fingerprint density at radius 2 is 1.75 bits per heavy atom. The molecule has 1 aliphatic rings. The van der Waals surface area contributed by atoms with Crippen LogP contribution in [0.5, 0.6) is 0 Å². The molecule has 0 spiro atoms. The molecule has 0 atom stereocenters. The number of oxazole rings is 1. The van der Waals surface area contributed by atoms with E-state index in [4.69, 9.17) is 13.7 Å². The summed E-state index contributed by atoms with van der Waals surface area (Å²) >= 11 is 0. The fourth-order valence-corrected chi connectivity index (χ4v) is 1.98. The molecule has 1 aliphatic heterocycles. The third-order valence-corrected chi connectivity index (χ3v) is 3.92. The molecule has 6 heteroatoms. The lowest BCUT2D eigenvalue weighted by molar-refractivity contribution is 0.00578. The highest BCUT2D eigenvalue weighted by molar-refractivity contribution is 6.60. The maximum absolute atomic E-state index is 5.93. The number of hydrogen-bond donors (Lipinski definition) is 0. The quantitative estimate of drug-likeness (QED) is 0.783. The predicted octanol–water partition coefficient (Wildman–Crippen LogP) is 2.04. The van der Waals surface area contributed by atoms with Crippen LogP contribution in [0.4, 0.5) is 0 Å². The van der Waals surface area contributed by atoms with Crippen molar-refractivity contribution in [1.82, 2.24) is 9.97 Å². The van der Waals surface area contributed by atoms with Gasteiger partial charge in [-0.3, -0.25) is 4.98 Å². The van der Waals surface area contributed by atoms with Gasteiger partial charge in [0.1, 0.15) is 0 Å². The average Bonchev–Trinajstić information content (AvgIpc) is 2.94. The minimum Gasteiger partial charge on any atom is -0.445 e. The second-order valence-corrected chi connectivity index (χ2v) is 5.90. The van der Waals surface area contributed by atoms with Crippen molar-refractivity contribution in [2.45, 2.75) is 38.9 Å². The summed E-state index contributed by atoms with van der Waals surface area (Å²) in [5, 5.41) is 0. The monoisotopic (exact) mass is 272 g/mol. The second kappa shape index (κ2) is 4.43. The topological polar surface area (TPSA) is 57.4 Å². The molecule has 3 rings (SSSR count). The molecule has 0 aliphatic carbocycles. The minimum atomic E-state index is -0.530. The van der Waals surface area contributed by atoms with Crippen LogP contribution in [0.2, 0.25) is 0 Å². The third-order valence-electron chi connectivity index (χ3n) is 3.92. The molecule has 0 aromatic carbocycles. The molecule has 20 heavy (non-hydrogen) atoms. The molecule has 104 valence electrons. The van der Waals surface area contributed by atoms with E-state index in [2.05, 4.69) is 9.97 Å². The van der Waals surface area contributed by atoms with Crippen LogP contribution in [0.15, 0.2) is 35.1 Å². The molecule has 2 aromatic rings. The number of nitrogens with zero attached hydrogens (tertiary/aromatic N) is 2. The molecule has 1 saturated heterocycles. The van der Waals surface area contributed by atoms with Gasteiger partial charge in [0.2, 0.25) is 5.89 Å².